The number of aromatic nitrogens is 1. The summed E-state index contributed by atoms with van der Waals surface area (Å²) in [5.41, 5.74) is -28.6. The quantitative estimate of drug-likeness (QED) is 0.0523. The summed E-state index contributed by atoms with van der Waals surface area (Å²) in [6.45, 7) is 0.579. The van der Waals surface area contributed by atoms with Crippen LogP contribution in [-0.2, 0) is 60.7 Å². The third kappa shape index (κ3) is 15.2. The van der Waals surface area contributed by atoms with Gasteiger partial charge < -0.3 is 4.74 Å². The van der Waals surface area contributed by atoms with E-state index < -0.39 is 203 Å². The highest BCUT2D eigenvalue weighted by atomic mass is 80.0. The van der Waals surface area contributed by atoms with E-state index in [2.05, 4.69) is 47.8 Å². The van der Waals surface area contributed by atoms with Gasteiger partial charge in [0, 0.05) is 11.6 Å². The Bertz CT molecular complexity index is 3010. The van der Waals surface area contributed by atoms with Crippen LogP contribution in [0.4, 0.5) is 105 Å². The van der Waals surface area contributed by atoms with Crippen LogP contribution in [0.1, 0.15) is 60.6 Å². The SMILES string of the molecule is FC(F)(F)c1cc([B-](c2cc(C(F)(F)F)cc(C(F)(F)F)c2)(c2cc(C(F)(F)F)cc(C(F)(F)F)c2)c2cc(C(F)(F)F)cc(C(F)(F)F)c2)cc(C(F)(F)F)c1.O=C(OC(Br)(Br)Br)c1c2ccccc2cc[n+]1Cc1ccccc1. The van der Waals surface area contributed by atoms with Crippen LogP contribution in [0.15, 0.2) is 140 Å². The average molecular weight is 1380 g/mol. The first kappa shape index (κ1) is 64.2. The minimum Gasteiger partial charge on any atom is -0.419 e. The van der Waals surface area contributed by atoms with Crippen LogP contribution >= 0.6 is 47.8 Å². The topological polar surface area (TPSA) is 30.2 Å². The van der Waals surface area contributed by atoms with Crippen molar-refractivity contribution >= 4 is 92.5 Å². The van der Waals surface area contributed by atoms with Gasteiger partial charge in [-0.05, 0) is 83.5 Å². The number of pyridine rings is 1. The molecule has 0 unspecified atom stereocenters. The molecule has 0 saturated heterocycles. The Morgan fingerprint density at radius 1 is 0.383 bits per heavy atom. The van der Waals surface area contributed by atoms with Crippen LogP contribution in [0.3, 0.4) is 0 Å². The normalized spacial score (nSPS) is 13.5. The number of alkyl halides is 27. The molecule has 6 aromatic carbocycles. The summed E-state index contributed by atoms with van der Waals surface area (Å²) in [6, 6.07) is 10.9. The molecule has 3 nitrogen and oxygen atoms in total. The maximum atomic E-state index is 14.2. The van der Waals surface area contributed by atoms with Crippen LogP contribution < -0.4 is 26.4 Å². The number of halogens is 27. The minimum atomic E-state index is -6.13. The molecule has 0 N–H and O–H groups in total. The number of fused-ring (bicyclic) bond motifs is 1. The van der Waals surface area contributed by atoms with E-state index in [4.69, 9.17) is 4.74 Å². The van der Waals surface area contributed by atoms with Crippen molar-refractivity contribution in [3.63, 3.8) is 0 Å². The lowest BCUT2D eigenvalue weighted by Gasteiger charge is -2.46. The first-order chi connectivity index (χ1) is 36.7. The lowest BCUT2D eigenvalue weighted by atomic mass is 9.12. The number of hydrogen-bond acceptors (Lipinski definition) is 2. The van der Waals surface area contributed by atoms with E-state index in [-0.39, 0.29) is 0 Å². The van der Waals surface area contributed by atoms with Crippen LogP contribution in [-0.4, -0.2) is 14.4 Å². The van der Waals surface area contributed by atoms with Crippen molar-refractivity contribution in [3.05, 3.63) is 195 Å². The minimum absolute atomic E-state index is 0.437. The molecule has 0 saturated carbocycles. The lowest BCUT2D eigenvalue weighted by molar-refractivity contribution is -0.689. The lowest BCUT2D eigenvalue weighted by Crippen LogP contribution is -2.75. The number of carbonyl (C=O) groups is 1. The van der Waals surface area contributed by atoms with Crippen LogP contribution in [0.5, 0.6) is 0 Å². The van der Waals surface area contributed by atoms with Gasteiger partial charge in [0.15, 0.2) is 12.7 Å². The fraction of sp³-hybridized carbons (Fsp3) is 0.200. The summed E-state index contributed by atoms with van der Waals surface area (Å²) in [5, 5.41) is 1.83. The van der Waals surface area contributed by atoms with Gasteiger partial charge in [-0.2, -0.15) is 132 Å². The Kier molecular flexibility index (Phi) is 17.7. The number of esters is 1. The molecule has 31 heteroatoms. The summed E-state index contributed by atoms with van der Waals surface area (Å²) in [4.78, 5) is 12.8. The third-order valence-electron chi connectivity index (χ3n) is 12.0. The highest BCUT2D eigenvalue weighted by molar-refractivity contribution is 9.39. The molecule has 7 rings (SSSR count). The Labute approximate surface area is 463 Å². The zero-order chi connectivity index (χ0) is 61.1. The molecule has 0 spiro atoms. The standard InChI is InChI=1S/C32H12BF24.C18H13Br3NO2/c34-25(35,36)13-1-14(26(37,38)39)6-21(5-13)33(22-7-15(27(40,41)42)2-16(8-22)28(43,44)45,23-9-17(29(46,47)48)3-18(10-23)30(49,50)51)24-11-19(31(52,53)54)4-20(12-24)32(55,56)57;19-18(20,21)24-17(23)16-15-9-5-4-8-14(15)10-11-22(16)12-13-6-2-1-3-7-13/h1-12H;1-11H,12H2/q-1;+1. The highest BCUT2D eigenvalue weighted by Crippen LogP contribution is 2.42. The largest absolute Gasteiger partial charge is 0.419 e. The number of rotatable bonds is 7. The van der Waals surface area contributed by atoms with E-state index in [9.17, 15) is 110 Å². The second kappa shape index (κ2) is 22.3. The molecule has 0 fully saturated rings. The van der Waals surface area contributed by atoms with Crippen molar-refractivity contribution in [2.24, 2.45) is 0 Å². The number of hydrogen-bond donors (Lipinski definition) is 0. The molecule has 0 aliphatic rings. The summed E-state index contributed by atoms with van der Waals surface area (Å²) >= 11 is 9.64. The van der Waals surface area contributed by atoms with Crippen molar-refractivity contribution in [1.82, 2.24) is 0 Å². The van der Waals surface area contributed by atoms with Gasteiger partial charge in [0.1, 0.15) is 6.15 Å². The average Bonchev–Trinajstić information content (AvgIpc) is 3.53. The molecule has 7 aromatic rings. The van der Waals surface area contributed by atoms with Crippen molar-refractivity contribution in [3.8, 4) is 0 Å². The van der Waals surface area contributed by atoms with Crippen LogP contribution in [0.25, 0.3) is 10.8 Å². The van der Waals surface area contributed by atoms with Crippen LogP contribution in [0, 0.1) is 0 Å². The molecule has 0 aliphatic heterocycles. The van der Waals surface area contributed by atoms with Gasteiger partial charge >= 0.3 is 55.4 Å². The zero-order valence-corrected chi connectivity index (χ0v) is 43.8. The predicted molar refractivity (Wildman–Crippen MR) is 255 cm³/mol. The Morgan fingerprint density at radius 2 is 0.654 bits per heavy atom. The molecule has 1 heterocycles. The molecular weight excluding hydrogens is 1350 g/mol. The van der Waals surface area contributed by atoms with Gasteiger partial charge in [0.05, 0.1) is 49.9 Å². The smallest absolute Gasteiger partial charge is 0.416 e. The van der Waals surface area contributed by atoms with Crippen molar-refractivity contribution in [2.45, 2.75) is 58.3 Å². The summed E-state index contributed by atoms with van der Waals surface area (Å²) in [6.07, 6.45) is -52.9. The molecule has 0 bridgehead atoms. The number of benzene rings is 6. The first-order valence-electron chi connectivity index (χ1n) is 21.8. The Hall–Kier alpha value is -5.98. The van der Waals surface area contributed by atoms with E-state index in [1.54, 1.807) is 0 Å². The zero-order valence-electron chi connectivity index (χ0n) is 39.0. The monoisotopic (exact) mass is 1370 g/mol. The summed E-state index contributed by atoms with van der Waals surface area (Å²) < 4.78 is 347. The second-order valence-electron chi connectivity index (χ2n) is 17.4. The van der Waals surface area contributed by atoms with Crippen molar-refractivity contribution in [2.75, 3.05) is 0 Å². The number of nitrogens with zero attached hydrogens (tertiary/aromatic N) is 1. The molecule has 0 radical (unpaired) electrons. The maximum absolute atomic E-state index is 14.2. The van der Waals surface area contributed by atoms with Gasteiger partial charge in [-0.25, -0.2) is 4.79 Å². The maximum Gasteiger partial charge on any atom is 0.416 e. The number of ether oxygens (including phenoxy) is 1. The van der Waals surface area contributed by atoms with Gasteiger partial charge in [-0.15, -0.1) is 0 Å². The van der Waals surface area contributed by atoms with E-state index >= 15 is 0 Å². The van der Waals surface area contributed by atoms with E-state index in [0.717, 1.165) is 16.3 Å². The molecule has 0 amide bonds. The summed E-state index contributed by atoms with van der Waals surface area (Å²) in [7, 11) is 0. The van der Waals surface area contributed by atoms with Gasteiger partial charge in [-0.3, -0.25) is 0 Å². The summed E-state index contributed by atoms with van der Waals surface area (Å²) in [5.74, 6) is -0.437. The van der Waals surface area contributed by atoms with Crippen molar-refractivity contribution < 1.29 is 119 Å². The van der Waals surface area contributed by atoms with Gasteiger partial charge in [0.2, 0.25) is 0 Å². The Morgan fingerprint density at radius 3 is 0.926 bits per heavy atom. The van der Waals surface area contributed by atoms with E-state index in [1.165, 1.54) is 0 Å². The van der Waals surface area contributed by atoms with E-state index in [1.807, 2.05) is 71.4 Å². The van der Waals surface area contributed by atoms with Crippen molar-refractivity contribution in [1.29, 1.82) is 0 Å². The Balaban J connectivity index is 0.000000363. The van der Waals surface area contributed by atoms with E-state index in [0.29, 0.717) is 12.2 Å². The van der Waals surface area contributed by atoms with Gasteiger partial charge in [0.25, 0.3) is 8.02 Å². The highest BCUT2D eigenvalue weighted by Gasteiger charge is 2.47. The third-order valence-corrected chi connectivity index (χ3v) is 12.5. The first-order valence-corrected chi connectivity index (χ1v) is 24.2. The molecule has 0 atom stereocenters. The fourth-order valence-electron chi connectivity index (χ4n) is 8.62. The van der Waals surface area contributed by atoms with Crippen LogP contribution in [0.2, 0.25) is 0 Å². The molecule has 0 aliphatic carbocycles. The predicted octanol–water partition coefficient (Wildman–Crippen LogP) is 16.3. The number of carbonyl (C=O) groups excluding carboxylic acids is 1. The fourth-order valence-corrected chi connectivity index (χ4v) is 9.06. The molecule has 1 aromatic heterocycles. The van der Waals surface area contributed by atoms with Gasteiger partial charge in [-0.1, -0.05) is 97.1 Å². The molecule has 434 valence electrons. The molecular formula is C50H25BBr3F24NO2. The molecule has 81 heavy (non-hydrogen) atoms. The second-order valence-corrected chi connectivity index (χ2v) is 24.0.